The number of hydrogen-bond acceptors (Lipinski definition) is 2. The highest BCUT2D eigenvalue weighted by Crippen LogP contribution is 2.27. The van der Waals surface area contributed by atoms with Crippen LogP contribution < -0.4 is 4.74 Å². The van der Waals surface area contributed by atoms with E-state index in [0.29, 0.717) is 18.1 Å². The van der Waals surface area contributed by atoms with Gasteiger partial charge in [-0.2, -0.15) is 0 Å². The van der Waals surface area contributed by atoms with Gasteiger partial charge >= 0.3 is 5.97 Å². The van der Waals surface area contributed by atoms with Crippen LogP contribution in [0.15, 0.2) is 12.1 Å². The van der Waals surface area contributed by atoms with E-state index in [1.165, 1.54) is 0 Å². The number of carboxylic acid groups (broad SMARTS) is 1. The summed E-state index contributed by atoms with van der Waals surface area (Å²) in [7, 11) is 0. The van der Waals surface area contributed by atoms with Crippen LogP contribution in [-0.2, 0) is 4.79 Å². The van der Waals surface area contributed by atoms with Gasteiger partial charge < -0.3 is 9.84 Å². The standard InChI is InChI=1S/C13H17ClO3/c1-9-7-11(14)8-10(2)13(9)17-6-4-3-5-12(15)16/h7-8H,3-6H2,1-2H3,(H,15,16). The zero-order valence-corrected chi connectivity index (χ0v) is 10.9. The Labute approximate surface area is 106 Å². The lowest BCUT2D eigenvalue weighted by Gasteiger charge is -2.12. The lowest BCUT2D eigenvalue weighted by molar-refractivity contribution is -0.137. The Morgan fingerprint density at radius 2 is 1.88 bits per heavy atom. The van der Waals surface area contributed by atoms with E-state index < -0.39 is 5.97 Å². The number of rotatable bonds is 6. The summed E-state index contributed by atoms with van der Waals surface area (Å²) in [6, 6.07) is 3.72. The van der Waals surface area contributed by atoms with Gasteiger partial charge in [0, 0.05) is 11.4 Å². The summed E-state index contributed by atoms with van der Waals surface area (Å²) in [6.45, 7) is 4.44. The molecule has 17 heavy (non-hydrogen) atoms. The molecule has 1 rings (SSSR count). The Morgan fingerprint density at radius 1 is 1.29 bits per heavy atom. The minimum Gasteiger partial charge on any atom is -0.493 e. The summed E-state index contributed by atoms with van der Waals surface area (Å²) in [4.78, 5) is 10.3. The Morgan fingerprint density at radius 3 is 2.41 bits per heavy atom. The highest BCUT2D eigenvalue weighted by atomic mass is 35.5. The fourth-order valence-corrected chi connectivity index (χ4v) is 2.00. The maximum absolute atomic E-state index is 10.3. The van der Waals surface area contributed by atoms with Gasteiger partial charge in [0.25, 0.3) is 0 Å². The van der Waals surface area contributed by atoms with Crippen molar-refractivity contribution in [2.24, 2.45) is 0 Å². The summed E-state index contributed by atoms with van der Waals surface area (Å²) < 4.78 is 5.65. The third-order valence-electron chi connectivity index (χ3n) is 2.46. The van der Waals surface area contributed by atoms with Crippen molar-refractivity contribution in [3.05, 3.63) is 28.3 Å². The lowest BCUT2D eigenvalue weighted by Crippen LogP contribution is -2.02. The van der Waals surface area contributed by atoms with Gasteiger partial charge in [-0.15, -0.1) is 0 Å². The minimum atomic E-state index is -0.760. The van der Waals surface area contributed by atoms with Crippen molar-refractivity contribution in [1.29, 1.82) is 0 Å². The van der Waals surface area contributed by atoms with Crippen LogP contribution in [0.3, 0.4) is 0 Å². The topological polar surface area (TPSA) is 46.5 Å². The molecular weight excluding hydrogens is 240 g/mol. The molecule has 1 N–H and O–H groups in total. The van der Waals surface area contributed by atoms with Crippen LogP contribution in [0.2, 0.25) is 5.02 Å². The molecule has 1 aromatic rings. The maximum Gasteiger partial charge on any atom is 0.303 e. The molecule has 0 unspecified atom stereocenters. The molecular formula is C13H17ClO3. The van der Waals surface area contributed by atoms with Gasteiger partial charge in [0.1, 0.15) is 5.75 Å². The monoisotopic (exact) mass is 256 g/mol. The zero-order valence-electron chi connectivity index (χ0n) is 10.1. The summed E-state index contributed by atoms with van der Waals surface area (Å²) in [5.41, 5.74) is 2.02. The van der Waals surface area contributed by atoms with E-state index in [4.69, 9.17) is 21.4 Å². The van der Waals surface area contributed by atoms with Crippen LogP contribution in [0.5, 0.6) is 5.75 Å². The van der Waals surface area contributed by atoms with E-state index in [-0.39, 0.29) is 6.42 Å². The molecule has 94 valence electrons. The number of aryl methyl sites for hydroxylation is 2. The van der Waals surface area contributed by atoms with E-state index in [0.717, 1.165) is 23.3 Å². The highest BCUT2D eigenvalue weighted by Gasteiger charge is 2.05. The average Bonchev–Trinajstić information content (AvgIpc) is 2.20. The SMILES string of the molecule is Cc1cc(Cl)cc(C)c1OCCCCC(=O)O. The van der Waals surface area contributed by atoms with Crippen molar-refractivity contribution in [3.8, 4) is 5.75 Å². The fraction of sp³-hybridized carbons (Fsp3) is 0.462. The molecule has 0 radical (unpaired) electrons. The van der Waals surface area contributed by atoms with Crippen molar-refractivity contribution in [3.63, 3.8) is 0 Å². The van der Waals surface area contributed by atoms with Crippen LogP contribution in [0.1, 0.15) is 30.4 Å². The van der Waals surface area contributed by atoms with Crippen LogP contribution >= 0.6 is 11.6 Å². The molecule has 0 aliphatic carbocycles. The first-order chi connectivity index (χ1) is 8.00. The first-order valence-corrected chi connectivity index (χ1v) is 6.00. The van der Waals surface area contributed by atoms with Gasteiger partial charge in [-0.3, -0.25) is 4.79 Å². The van der Waals surface area contributed by atoms with E-state index in [1.807, 2.05) is 26.0 Å². The molecule has 0 spiro atoms. The van der Waals surface area contributed by atoms with E-state index >= 15 is 0 Å². The molecule has 0 aliphatic heterocycles. The minimum absolute atomic E-state index is 0.196. The summed E-state index contributed by atoms with van der Waals surface area (Å²) >= 11 is 5.92. The highest BCUT2D eigenvalue weighted by molar-refractivity contribution is 6.30. The van der Waals surface area contributed by atoms with E-state index in [2.05, 4.69) is 0 Å². The number of ether oxygens (including phenoxy) is 1. The molecule has 0 amide bonds. The largest absolute Gasteiger partial charge is 0.493 e. The summed E-state index contributed by atoms with van der Waals surface area (Å²) in [6.07, 6.45) is 1.58. The number of hydrogen-bond donors (Lipinski definition) is 1. The van der Waals surface area contributed by atoms with Crippen molar-refractivity contribution in [1.82, 2.24) is 0 Å². The van der Waals surface area contributed by atoms with Crippen LogP contribution in [0, 0.1) is 13.8 Å². The first-order valence-electron chi connectivity index (χ1n) is 5.62. The number of benzene rings is 1. The number of halogens is 1. The molecule has 0 fully saturated rings. The second kappa shape index (κ2) is 6.50. The Kier molecular flexibility index (Phi) is 5.29. The number of aliphatic carboxylic acids is 1. The normalized spacial score (nSPS) is 10.3. The number of carboxylic acids is 1. The van der Waals surface area contributed by atoms with Crippen LogP contribution in [0.25, 0.3) is 0 Å². The molecule has 0 atom stereocenters. The van der Waals surface area contributed by atoms with Crippen molar-refractivity contribution in [2.75, 3.05) is 6.61 Å². The second-order valence-electron chi connectivity index (χ2n) is 4.07. The Hall–Kier alpha value is -1.22. The smallest absolute Gasteiger partial charge is 0.303 e. The van der Waals surface area contributed by atoms with Crippen LogP contribution in [-0.4, -0.2) is 17.7 Å². The maximum atomic E-state index is 10.3. The lowest BCUT2D eigenvalue weighted by atomic mass is 10.1. The molecule has 0 aliphatic rings. The van der Waals surface area contributed by atoms with Crippen molar-refractivity contribution >= 4 is 17.6 Å². The van der Waals surface area contributed by atoms with E-state index in [9.17, 15) is 4.79 Å². The van der Waals surface area contributed by atoms with E-state index in [1.54, 1.807) is 0 Å². The molecule has 0 saturated heterocycles. The third-order valence-corrected chi connectivity index (χ3v) is 2.67. The van der Waals surface area contributed by atoms with Gasteiger partial charge in [0.2, 0.25) is 0 Å². The number of carbonyl (C=O) groups is 1. The molecule has 1 aromatic carbocycles. The second-order valence-corrected chi connectivity index (χ2v) is 4.50. The molecule has 0 saturated carbocycles. The quantitative estimate of drug-likeness (QED) is 0.791. The van der Waals surface area contributed by atoms with Gasteiger partial charge in [-0.1, -0.05) is 11.6 Å². The van der Waals surface area contributed by atoms with Crippen LogP contribution in [0.4, 0.5) is 0 Å². The zero-order chi connectivity index (χ0) is 12.8. The van der Waals surface area contributed by atoms with Gasteiger partial charge in [-0.25, -0.2) is 0 Å². The Bertz CT molecular complexity index is 379. The predicted octanol–water partition coefficient (Wildman–Crippen LogP) is 3.59. The van der Waals surface area contributed by atoms with Gasteiger partial charge in [0.05, 0.1) is 6.61 Å². The Balaban J connectivity index is 2.44. The summed E-state index contributed by atoms with van der Waals surface area (Å²) in [5, 5.41) is 9.20. The summed E-state index contributed by atoms with van der Waals surface area (Å²) in [5.74, 6) is 0.0913. The fourth-order valence-electron chi connectivity index (χ4n) is 1.68. The third kappa shape index (κ3) is 4.65. The average molecular weight is 257 g/mol. The van der Waals surface area contributed by atoms with Gasteiger partial charge in [-0.05, 0) is 49.9 Å². The predicted molar refractivity (Wildman–Crippen MR) is 67.9 cm³/mol. The molecule has 0 aromatic heterocycles. The van der Waals surface area contributed by atoms with Crippen molar-refractivity contribution in [2.45, 2.75) is 33.1 Å². The molecule has 4 heteroatoms. The molecule has 0 bridgehead atoms. The molecule has 3 nitrogen and oxygen atoms in total. The van der Waals surface area contributed by atoms with Crippen molar-refractivity contribution < 1.29 is 14.6 Å². The first kappa shape index (κ1) is 13.8. The number of unbranched alkanes of at least 4 members (excludes halogenated alkanes) is 1. The molecule has 0 heterocycles. The van der Waals surface area contributed by atoms with Gasteiger partial charge in [0.15, 0.2) is 0 Å².